The van der Waals surface area contributed by atoms with Gasteiger partial charge < -0.3 is 14.8 Å². The van der Waals surface area contributed by atoms with Crippen molar-refractivity contribution in [3.05, 3.63) is 59.7 Å². The van der Waals surface area contributed by atoms with E-state index < -0.39 is 0 Å². The van der Waals surface area contributed by atoms with Gasteiger partial charge in [0.25, 0.3) is 5.91 Å². The molecule has 0 radical (unpaired) electrons. The van der Waals surface area contributed by atoms with Gasteiger partial charge in [-0.05, 0) is 36.6 Å². The van der Waals surface area contributed by atoms with E-state index in [4.69, 9.17) is 9.47 Å². The van der Waals surface area contributed by atoms with Crippen molar-refractivity contribution >= 4 is 5.91 Å². The van der Waals surface area contributed by atoms with E-state index in [0.717, 1.165) is 11.3 Å². The molecule has 4 heteroatoms. The summed E-state index contributed by atoms with van der Waals surface area (Å²) in [6, 6.07) is 15.5. The maximum atomic E-state index is 12.0. The number of carbonyl (C=O) groups is 1. The Labute approximate surface area is 143 Å². The topological polar surface area (TPSA) is 47.6 Å². The van der Waals surface area contributed by atoms with E-state index in [0.29, 0.717) is 24.8 Å². The fraction of sp³-hybridized carbons (Fsp3) is 0.350. The lowest BCUT2D eigenvalue weighted by atomic mass is 10.0. The molecule has 1 amide bonds. The molecule has 0 heterocycles. The lowest BCUT2D eigenvalue weighted by Crippen LogP contribution is -2.28. The van der Waals surface area contributed by atoms with Crippen molar-refractivity contribution in [2.24, 2.45) is 0 Å². The number of para-hydroxylation sites is 1. The summed E-state index contributed by atoms with van der Waals surface area (Å²) >= 11 is 0. The highest BCUT2D eigenvalue weighted by molar-refractivity contribution is 5.77. The zero-order valence-electron chi connectivity index (χ0n) is 14.5. The van der Waals surface area contributed by atoms with Crippen LogP contribution in [0.1, 0.15) is 37.8 Å². The third-order valence-corrected chi connectivity index (χ3v) is 3.67. The van der Waals surface area contributed by atoms with E-state index >= 15 is 0 Å². The molecule has 0 aliphatic heterocycles. The van der Waals surface area contributed by atoms with E-state index in [-0.39, 0.29) is 12.5 Å². The summed E-state index contributed by atoms with van der Waals surface area (Å²) in [5.74, 6) is 1.82. The lowest BCUT2D eigenvalue weighted by molar-refractivity contribution is -0.123. The molecule has 4 nitrogen and oxygen atoms in total. The number of benzene rings is 2. The number of nitrogens with one attached hydrogen (secondary N) is 1. The first-order valence-electron chi connectivity index (χ1n) is 8.30. The monoisotopic (exact) mass is 327 g/mol. The molecule has 0 bridgehead atoms. The van der Waals surface area contributed by atoms with Gasteiger partial charge in [0.05, 0.1) is 6.61 Å². The zero-order chi connectivity index (χ0) is 17.4. The predicted octanol–water partition coefficient (Wildman–Crippen LogP) is 3.90. The van der Waals surface area contributed by atoms with Gasteiger partial charge in [0, 0.05) is 12.1 Å². The van der Waals surface area contributed by atoms with Gasteiger partial charge in [-0.25, -0.2) is 0 Å². The summed E-state index contributed by atoms with van der Waals surface area (Å²) in [5, 5.41) is 2.85. The van der Waals surface area contributed by atoms with E-state index in [2.05, 4.69) is 19.2 Å². The van der Waals surface area contributed by atoms with Crippen LogP contribution in [0.2, 0.25) is 0 Å². The minimum atomic E-state index is -0.158. The minimum absolute atomic E-state index is 0.00216. The van der Waals surface area contributed by atoms with Gasteiger partial charge in [0.15, 0.2) is 6.61 Å². The summed E-state index contributed by atoms with van der Waals surface area (Å²) in [6.07, 6.45) is 0. The fourth-order valence-corrected chi connectivity index (χ4v) is 2.29. The van der Waals surface area contributed by atoms with Gasteiger partial charge in [-0.3, -0.25) is 4.79 Å². The van der Waals surface area contributed by atoms with E-state index in [1.165, 1.54) is 5.56 Å². The number of rotatable bonds is 8. The van der Waals surface area contributed by atoms with Crippen LogP contribution in [0.3, 0.4) is 0 Å². The summed E-state index contributed by atoms with van der Waals surface area (Å²) in [7, 11) is 0. The van der Waals surface area contributed by atoms with Gasteiger partial charge in [0.2, 0.25) is 0 Å². The zero-order valence-corrected chi connectivity index (χ0v) is 14.5. The summed E-state index contributed by atoms with van der Waals surface area (Å²) in [5.41, 5.74) is 2.20. The van der Waals surface area contributed by atoms with Crippen molar-refractivity contribution in [2.45, 2.75) is 33.2 Å². The second-order valence-electron chi connectivity index (χ2n) is 5.83. The maximum absolute atomic E-state index is 12.0. The van der Waals surface area contributed by atoms with Crippen molar-refractivity contribution in [3.63, 3.8) is 0 Å². The number of hydrogen-bond acceptors (Lipinski definition) is 3. The molecule has 0 saturated carbocycles. The average molecular weight is 327 g/mol. The molecule has 2 aromatic rings. The molecule has 0 unspecified atom stereocenters. The van der Waals surface area contributed by atoms with Gasteiger partial charge in [-0.2, -0.15) is 0 Å². The molecule has 24 heavy (non-hydrogen) atoms. The molecule has 2 rings (SSSR count). The van der Waals surface area contributed by atoms with Crippen LogP contribution in [0.15, 0.2) is 48.5 Å². The minimum Gasteiger partial charge on any atom is -0.494 e. The van der Waals surface area contributed by atoms with Crippen molar-refractivity contribution in [1.29, 1.82) is 0 Å². The molecule has 0 atom stereocenters. The number of amides is 1. The third-order valence-electron chi connectivity index (χ3n) is 3.67. The molecule has 0 spiro atoms. The van der Waals surface area contributed by atoms with Crippen LogP contribution in [-0.2, 0) is 11.3 Å². The fourth-order valence-electron chi connectivity index (χ4n) is 2.29. The van der Waals surface area contributed by atoms with Crippen molar-refractivity contribution in [1.82, 2.24) is 5.32 Å². The van der Waals surface area contributed by atoms with Crippen LogP contribution in [0.4, 0.5) is 0 Å². The van der Waals surface area contributed by atoms with Crippen LogP contribution < -0.4 is 14.8 Å². The molecule has 2 aromatic carbocycles. The first kappa shape index (κ1) is 17.9. The lowest BCUT2D eigenvalue weighted by Gasteiger charge is -2.12. The first-order valence-corrected chi connectivity index (χ1v) is 8.30. The number of ether oxygens (including phenoxy) is 2. The largest absolute Gasteiger partial charge is 0.494 e. The first-order chi connectivity index (χ1) is 11.6. The van der Waals surface area contributed by atoms with Crippen molar-refractivity contribution in [2.75, 3.05) is 13.2 Å². The van der Waals surface area contributed by atoms with Crippen molar-refractivity contribution in [3.8, 4) is 11.5 Å². The second kappa shape index (κ2) is 8.96. The number of carbonyl (C=O) groups excluding carboxylic acids is 1. The quantitative estimate of drug-likeness (QED) is 0.800. The molecule has 0 aromatic heterocycles. The molecule has 1 N–H and O–H groups in total. The van der Waals surface area contributed by atoms with Gasteiger partial charge >= 0.3 is 0 Å². The van der Waals surface area contributed by atoms with E-state index in [9.17, 15) is 4.79 Å². The molecule has 0 fully saturated rings. The van der Waals surface area contributed by atoms with Crippen LogP contribution in [0.5, 0.6) is 11.5 Å². The van der Waals surface area contributed by atoms with Gasteiger partial charge in [-0.15, -0.1) is 0 Å². The molecule has 0 aliphatic rings. The SMILES string of the molecule is CCOc1ccccc1CNC(=O)COc1ccc(C(C)C)cc1. The van der Waals surface area contributed by atoms with Crippen molar-refractivity contribution < 1.29 is 14.3 Å². The molecular formula is C20H25NO3. The average Bonchev–Trinajstić information content (AvgIpc) is 2.60. The Bertz CT molecular complexity index is 650. The summed E-state index contributed by atoms with van der Waals surface area (Å²) in [6.45, 7) is 7.24. The van der Waals surface area contributed by atoms with E-state index in [1.54, 1.807) is 0 Å². The highest BCUT2D eigenvalue weighted by Crippen LogP contribution is 2.19. The van der Waals surface area contributed by atoms with Crippen LogP contribution in [0.25, 0.3) is 0 Å². The van der Waals surface area contributed by atoms with E-state index in [1.807, 2.05) is 55.5 Å². The smallest absolute Gasteiger partial charge is 0.258 e. The molecular weight excluding hydrogens is 302 g/mol. The third kappa shape index (κ3) is 5.30. The van der Waals surface area contributed by atoms with Crippen LogP contribution in [-0.4, -0.2) is 19.1 Å². The highest BCUT2D eigenvalue weighted by atomic mass is 16.5. The number of hydrogen-bond donors (Lipinski definition) is 1. The Morgan fingerprint density at radius 3 is 2.42 bits per heavy atom. The normalized spacial score (nSPS) is 10.5. The van der Waals surface area contributed by atoms with Gasteiger partial charge in [0.1, 0.15) is 11.5 Å². The second-order valence-corrected chi connectivity index (χ2v) is 5.83. The molecule has 0 aliphatic carbocycles. The van der Waals surface area contributed by atoms with Crippen LogP contribution in [0, 0.1) is 0 Å². The van der Waals surface area contributed by atoms with Crippen LogP contribution >= 0.6 is 0 Å². The Balaban J connectivity index is 1.81. The standard InChI is InChI=1S/C20H25NO3/c1-4-23-19-8-6-5-7-17(19)13-21-20(22)14-24-18-11-9-16(10-12-18)15(2)3/h5-12,15H,4,13-14H2,1-3H3,(H,21,22). The predicted molar refractivity (Wildman–Crippen MR) is 95.5 cm³/mol. The highest BCUT2D eigenvalue weighted by Gasteiger charge is 2.07. The molecule has 0 saturated heterocycles. The summed E-state index contributed by atoms with van der Waals surface area (Å²) in [4.78, 5) is 12.0. The summed E-state index contributed by atoms with van der Waals surface area (Å²) < 4.78 is 11.1. The Morgan fingerprint density at radius 2 is 1.75 bits per heavy atom. The van der Waals surface area contributed by atoms with Gasteiger partial charge in [-0.1, -0.05) is 44.2 Å². The maximum Gasteiger partial charge on any atom is 0.258 e. The Morgan fingerprint density at radius 1 is 1.04 bits per heavy atom. The Hall–Kier alpha value is -2.49. The Kier molecular flexibility index (Phi) is 6.67. The molecule has 128 valence electrons.